The van der Waals surface area contributed by atoms with Crippen molar-refractivity contribution in [3.05, 3.63) is 52.7 Å². The lowest BCUT2D eigenvalue weighted by Gasteiger charge is -2.15. The summed E-state index contributed by atoms with van der Waals surface area (Å²) < 4.78 is 97.8. The topological polar surface area (TPSA) is 106 Å². The Kier molecular flexibility index (Phi) is 7.56. The average molecular weight is 539 g/mol. The molecule has 0 radical (unpaired) electrons. The Bertz CT molecular complexity index is 1240. The van der Waals surface area contributed by atoms with E-state index in [1.807, 2.05) is 0 Å². The first-order valence-electron chi connectivity index (χ1n) is 9.56. The molecule has 192 valence electrons. The summed E-state index contributed by atoms with van der Waals surface area (Å²) >= 11 is 0.770. The van der Waals surface area contributed by atoms with E-state index in [0.29, 0.717) is 0 Å². The molecule has 1 saturated heterocycles. The van der Waals surface area contributed by atoms with Crippen LogP contribution in [-0.2, 0) is 25.3 Å². The lowest BCUT2D eigenvalue weighted by atomic mass is 10.1. The van der Waals surface area contributed by atoms with Gasteiger partial charge in [0.1, 0.15) is 16.3 Å². The van der Waals surface area contributed by atoms with E-state index in [2.05, 4.69) is 9.72 Å². The van der Waals surface area contributed by atoms with E-state index in [4.69, 9.17) is 0 Å². The number of nitrogens with one attached hydrogen (secondary N) is 1. The number of anilines is 1. The smallest absolute Gasteiger partial charge is 0.422 e. The van der Waals surface area contributed by atoms with Crippen LogP contribution in [0.3, 0.4) is 0 Å². The van der Waals surface area contributed by atoms with Crippen molar-refractivity contribution in [3.8, 4) is 0 Å². The van der Waals surface area contributed by atoms with E-state index in [-0.39, 0.29) is 17.0 Å². The van der Waals surface area contributed by atoms with Crippen LogP contribution in [0.4, 0.5) is 36.4 Å². The van der Waals surface area contributed by atoms with Crippen LogP contribution in [0.15, 0.2) is 23.4 Å². The van der Waals surface area contributed by atoms with Gasteiger partial charge in [0, 0.05) is 19.7 Å². The highest BCUT2D eigenvalue weighted by molar-refractivity contribution is 8.00. The second-order valence-corrected chi connectivity index (χ2v) is 8.28. The minimum atomic E-state index is -5.76. The lowest BCUT2D eigenvalue weighted by Crippen LogP contribution is -2.26. The van der Waals surface area contributed by atoms with Crippen molar-refractivity contribution in [2.45, 2.75) is 22.9 Å². The molecule has 3 rings (SSSR count). The summed E-state index contributed by atoms with van der Waals surface area (Å²) in [7, 11) is 1.28. The van der Waals surface area contributed by atoms with E-state index in [1.54, 1.807) is 0 Å². The Morgan fingerprint density at radius 2 is 1.75 bits per heavy atom. The average Bonchev–Trinajstić information content (AvgIpc) is 3.05. The predicted octanol–water partition coefficient (Wildman–Crippen LogP) is 3.30. The van der Waals surface area contributed by atoms with E-state index in [0.717, 1.165) is 16.7 Å². The van der Waals surface area contributed by atoms with Crippen molar-refractivity contribution in [3.63, 3.8) is 0 Å². The number of halogens is 7. The fraction of sp³-hybridized carbons (Fsp3) is 0.250. The van der Waals surface area contributed by atoms with Crippen molar-refractivity contribution in [1.82, 2.24) is 9.88 Å². The number of esters is 1. The minimum absolute atomic E-state index is 0.0478. The first kappa shape index (κ1) is 26.9. The number of ether oxygens (including phenoxy) is 1. The number of carbonyl (C=O) groups excluding carboxylic acids is 4. The number of benzene rings is 1. The van der Waals surface area contributed by atoms with Crippen molar-refractivity contribution >= 4 is 41.1 Å². The Hall–Kier alpha value is -3.69. The maximum absolute atomic E-state index is 13.9. The van der Waals surface area contributed by atoms with Gasteiger partial charge in [-0.15, -0.1) is 0 Å². The second kappa shape index (κ2) is 10.1. The van der Waals surface area contributed by atoms with E-state index in [9.17, 15) is 49.9 Å². The van der Waals surface area contributed by atoms with Crippen LogP contribution in [0.25, 0.3) is 0 Å². The third-order valence-electron chi connectivity index (χ3n) is 4.73. The molecule has 0 spiro atoms. The molecule has 1 aromatic carbocycles. The third-order valence-corrected chi connectivity index (χ3v) is 5.93. The summed E-state index contributed by atoms with van der Waals surface area (Å²) in [5, 5.41) is 0.378. The highest BCUT2D eigenvalue weighted by Gasteiger charge is 2.42. The molecule has 1 atom stereocenters. The zero-order valence-electron chi connectivity index (χ0n) is 17.7. The molecule has 36 heavy (non-hydrogen) atoms. The summed E-state index contributed by atoms with van der Waals surface area (Å²) in [4.78, 5) is 52.9. The number of alkyl halides is 3. The number of pyridine rings is 1. The fourth-order valence-electron chi connectivity index (χ4n) is 2.96. The molecule has 16 heteroatoms. The molecule has 2 aromatic rings. The maximum Gasteiger partial charge on any atom is 0.422 e. The van der Waals surface area contributed by atoms with Gasteiger partial charge in [-0.05, 0) is 12.1 Å². The quantitative estimate of drug-likeness (QED) is 0.260. The van der Waals surface area contributed by atoms with Crippen molar-refractivity contribution in [2.75, 3.05) is 19.0 Å². The normalized spacial score (nSPS) is 15.9. The van der Waals surface area contributed by atoms with Crippen LogP contribution in [-0.4, -0.2) is 52.5 Å². The number of hydrogen-bond acceptors (Lipinski definition) is 7. The molecule has 1 aliphatic rings. The summed E-state index contributed by atoms with van der Waals surface area (Å²) in [6.07, 6.45) is -4.67. The zero-order chi connectivity index (χ0) is 26.9. The number of thioether (sulfide) groups is 1. The Morgan fingerprint density at radius 1 is 1.14 bits per heavy atom. The molecule has 1 aromatic heterocycles. The minimum Gasteiger partial charge on any atom is -0.452 e. The van der Waals surface area contributed by atoms with Crippen LogP contribution < -0.4 is 5.32 Å². The number of rotatable bonds is 6. The molecule has 0 bridgehead atoms. The van der Waals surface area contributed by atoms with E-state index in [1.165, 1.54) is 30.7 Å². The molecule has 1 aliphatic heterocycles. The first-order chi connectivity index (χ1) is 16.7. The Balaban J connectivity index is 1.72. The lowest BCUT2D eigenvalue weighted by molar-refractivity contribution is -0.143. The zero-order valence-corrected chi connectivity index (χ0v) is 18.5. The molecular weight excluding hydrogens is 527 g/mol. The summed E-state index contributed by atoms with van der Waals surface area (Å²) in [5.41, 5.74) is -4.93. The van der Waals surface area contributed by atoms with Gasteiger partial charge in [-0.3, -0.25) is 19.3 Å². The van der Waals surface area contributed by atoms with Gasteiger partial charge in [-0.2, -0.15) is 13.2 Å². The van der Waals surface area contributed by atoms with Gasteiger partial charge in [0.15, 0.2) is 29.9 Å². The highest BCUT2D eigenvalue weighted by Crippen LogP contribution is 2.38. The first-order valence-corrected chi connectivity index (χ1v) is 10.4. The molecule has 1 unspecified atom stereocenters. The molecule has 3 amide bonds. The van der Waals surface area contributed by atoms with Gasteiger partial charge >= 0.3 is 12.1 Å². The van der Waals surface area contributed by atoms with Crippen LogP contribution in [0, 0.1) is 23.3 Å². The van der Waals surface area contributed by atoms with Gasteiger partial charge in [0.2, 0.25) is 11.8 Å². The van der Waals surface area contributed by atoms with E-state index < -0.39 is 76.2 Å². The molecule has 8 nitrogen and oxygen atoms in total. The van der Waals surface area contributed by atoms with Crippen LogP contribution >= 0.6 is 11.8 Å². The van der Waals surface area contributed by atoms with Gasteiger partial charge in [0.25, 0.3) is 5.91 Å². The molecule has 0 saturated carbocycles. The van der Waals surface area contributed by atoms with Crippen molar-refractivity contribution in [2.24, 2.45) is 0 Å². The SMILES string of the molecule is CN1C(=O)CC(Sc2ncccc2C(=O)OCC(=O)Nc2c(F)c(F)c(C(F)(F)F)c(F)c2F)C1=O. The van der Waals surface area contributed by atoms with Gasteiger partial charge < -0.3 is 10.1 Å². The number of imide groups is 1. The van der Waals surface area contributed by atoms with Crippen LogP contribution in [0.5, 0.6) is 0 Å². The third kappa shape index (κ3) is 5.27. The van der Waals surface area contributed by atoms with Crippen molar-refractivity contribution < 1.29 is 54.6 Å². The predicted molar refractivity (Wildman–Crippen MR) is 106 cm³/mol. The number of nitrogens with zero attached hydrogens (tertiary/aromatic N) is 2. The Labute approximate surface area is 200 Å². The molecule has 1 N–H and O–H groups in total. The van der Waals surface area contributed by atoms with Crippen LogP contribution in [0.2, 0.25) is 0 Å². The number of aromatic nitrogens is 1. The molecule has 2 heterocycles. The molecule has 0 aliphatic carbocycles. The number of hydrogen-bond donors (Lipinski definition) is 1. The van der Waals surface area contributed by atoms with Gasteiger partial charge in [-0.25, -0.2) is 27.3 Å². The Morgan fingerprint density at radius 3 is 2.28 bits per heavy atom. The fourth-order valence-corrected chi connectivity index (χ4v) is 4.12. The van der Waals surface area contributed by atoms with Crippen molar-refractivity contribution in [1.29, 1.82) is 0 Å². The van der Waals surface area contributed by atoms with Gasteiger partial charge in [0.05, 0.1) is 10.8 Å². The molecule has 1 fully saturated rings. The number of amides is 3. The largest absolute Gasteiger partial charge is 0.452 e. The monoisotopic (exact) mass is 539 g/mol. The second-order valence-electron chi connectivity index (χ2n) is 7.09. The summed E-state index contributed by atoms with van der Waals surface area (Å²) in [6, 6.07) is 2.49. The highest BCUT2D eigenvalue weighted by atomic mass is 32.2. The maximum atomic E-state index is 13.9. The summed E-state index contributed by atoms with van der Waals surface area (Å²) in [6.45, 7) is -1.27. The van der Waals surface area contributed by atoms with Gasteiger partial charge in [-0.1, -0.05) is 11.8 Å². The summed E-state index contributed by atoms with van der Waals surface area (Å²) in [5.74, 6) is -14.3. The van der Waals surface area contributed by atoms with E-state index >= 15 is 0 Å². The molecular formula is C20H12F7N3O5S. The number of likely N-dealkylation sites (tertiary alicyclic amines) is 1. The standard InChI is InChI=1S/C20H12F7N3O5S/c1-30-10(32)5-8(18(30)33)36-17-7(3-2-4-28-17)19(34)35-6-9(31)29-16-14(23)12(21)11(20(25,26)27)13(22)15(16)24/h2-4,8H,5-6H2,1H3,(H,29,31). The number of carbonyl (C=O) groups is 4. The van der Waals surface area contributed by atoms with Crippen LogP contribution in [0.1, 0.15) is 22.3 Å².